The summed E-state index contributed by atoms with van der Waals surface area (Å²) in [4.78, 5) is 13.0. The number of rotatable bonds is 8. The summed E-state index contributed by atoms with van der Waals surface area (Å²) in [6.07, 6.45) is 0. The predicted molar refractivity (Wildman–Crippen MR) is 81.4 cm³/mol. The van der Waals surface area contributed by atoms with Gasteiger partial charge in [-0.05, 0) is 38.1 Å². The van der Waals surface area contributed by atoms with Crippen molar-refractivity contribution in [1.29, 1.82) is 0 Å². The lowest BCUT2D eigenvalue weighted by molar-refractivity contribution is -0.140. The highest BCUT2D eigenvalue weighted by molar-refractivity contribution is 5.70. The topological polar surface area (TPSA) is 49.8 Å². The highest BCUT2D eigenvalue weighted by Crippen LogP contribution is 2.21. The van der Waals surface area contributed by atoms with Crippen molar-refractivity contribution in [2.75, 3.05) is 24.6 Å². The average Bonchev–Trinajstić information content (AvgIpc) is 2.38. The van der Waals surface area contributed by atoms with Gasteiger partial charge in [-0.3, -0.25) is 4.79 Å². The Morgan fingerprint density at radius 2 is 2.00 bits per heavy atom. The molecule has 0 aliphatic carbocycles. The summed E-state index contributed by atoms with van der Waals surface area (Å²) in [6.45, 7) is 11.2. The van der Waals surface area contributed by atoms with E-state index in [2.05, 4.69) is 6.58 Å². The molecular weight excluding hydrogens is 254 g/mol. The average molecular weight is 277 g/mol. The van der Waals surface area contributed by atoms with Crippen LogP contribution in [0.3, 0.4) is 0 Å². The van der Waals surface area contributed by atoms with Crippen LogP contribution in [0.15, 0.2) is 36.4 Å². The maximum atomic E-state index is 11.0. The lowest BCUT2D eigenvalue weighted by Crippen LogP contribution is -2.33. The van der Waals surface area contributed by atoms with Crippen molar-refractivity contribution in [3.63, 3.8) is 0 Å². The summed E-state index contributed by atoms with van der Waals surface area (Å²) in [6, 6.07) is 7.69. The van der Waals surface area contributed by atoms with Crippen LogP contribution in [0.25, 0.3) is 0 Å². The van der Waals surface area contributed by atoms with Crippen molar-refractivity contribution in [2.24, 2.45) is 5.92 Å². The number of aliphatic carboxylic acids is 1. The predicted octanol–water partition coefficient (Wildman–Crippen LogP) is 3.19. The van der Waals surface area contributed by atoms with E-state index in [0.29, 0.717) is 19.7 Å². The molecule has 0 aliphatic rings. The van der Waals surface area contributed by atoms with Crippen molar-refractivity contribution in [1.82, 2.24) is 0 Å². The van der Waals surface area contributed by atoms with Crippen LogP contribution >= 0.6 is 0 Å². The third kappa shape index (κ3) is 4.96. The van der Waals surface area contributed by atoms with E-state index in [0.717, 1.165) is 17.0 Å². The third-order valence-electron chi connectivity index (χ3n) is 2.89. The van der Waals surface area contributed by atoms with Crippen LogP contribution < -0.4 is 9.64 Å². The molecule has 4 nitrogen and oxygen atoms in total. The zero-order valence-corrected chi connectivity index (χ0v) is 12.4. The number of nitrogens with zero attached hydrogens (tertiary/aromatic N) is 1. The molecule has 0 saturated carbocycles. The minimum absolute atomic E-state index is 0.430. The third-order valence-corrected chi connectivity index (χ3v) is 2.89. The van der Waals surface area contributed by atoms with Gasteiger partial charge >= 0.3 is 5.97 Å². The smallest absolute Gasteiger partial charge is 0.308 e. The van der Waals surface area contributed by atoms with Crippen LogP contribution in [0.4, 0.5) is 5.69 Å². The summed E-state index contributed by atoms with van der Waals surface area (Å²) >= 11 is 0. The number of hydrogen-bond donors (Lipinski definition) is 1. The Morgan fingerprint density at radius 3 is 2.45 bits per heavy atom. The van der Waals surface area contributed by atoms with E-state index in [1.54, 1.807) is 6.92 Å². The number of benzene rings is 1. The highest BCUT2D eigenvalue weighted by atomic mass is 16.5. The van der Waals surface area contributed by atoms with Crippen molar-refractivity contribution in [2.45, 2.75) is 20.8 Å². The summed E-state index contributed by atoms with van der Waals surface area (Å²) in [5, 5.41) is 9.06. The summed E-state index contributed by atoms with van der Waals surface area (Å²) in [7, 11) is 0. The van der Waals surface area contributed by atoms with Gasteiger partial charge in [0.05, 0.1) is 12.5 Å². The Hall–Kier alpha value is -1.97. The second kappa shape index (κ2) is 7.58. The van der Waals surface area contributed by atoms with Crippen LogP contribution in [-0.4, -0.2) is 30.8 Å². The molecule has 0 radical (unpaired) electrons. The second-order valence-corrected chi connectivity index (χ2v) is 5.00. The van der Waals surface area contributed by atoms with Crippen molar-refractivity contribution < 1.29 is 14.6 Å². The van der Waals surface area contributed by atoms with Crippen LogP contribution in [-0.2, 0) is 4.79 Å². The molecule has 1 aromatic carbocycles. The van der Waals surface area contributed by atoms with Gasteiger partial charge in [0.25, 0.3) is 0 Å². The van der Waals surface area contributed by atoms with Crippen LogP contribution in [0.1, 0.15) is 20.8 Å². The molecule has 110 valence electrons. The molecule has 0 bridgehead atoms. The fraction of sp³-hybridized carbons (Fsp3) is 0.438. The van der Waals surface area contributed by atoms with E-state index in [-0.39, 0.29) is 0 Å². The number of hydrogen-bond acceptors (Lipinski definition) is 3. The first-order valence-electron chi connectivity index (χ1n) is 6.79. The standard InChI is InChI=1S/C16H23NO3/c1-5-20-15-8-6-14(7-9-15)17(10-12(2)3)11-13(4)16(18)19/h6-9,13H,2,5,10-11H2,1,3-4H3,(H,18,19). The summed E-state index contributed by atoms with van der Waals surface area (Å²) < 4.78 is 5.41. The molecule has 1 rings (SSSR count). The molecule has 0 heterocycles. The van der Waals surface area contributed by atoms with Gasteiger partial charge in [0.1, 0.15) is 5.75 Å². The van der Waals surface area contributed by atoms with Gasteiger partial charge in [-0.2, -0.15) is 0 Å². The van der Waals surface area contributed by atoms with Gasteiger partial charge in [-0.15, -0.1) is 0 Å². The van der Waals surface area contributed by atoms with Crippen LogP contribution in [0.2, 0.25) is 0 Å². The number of ether oxygens (including phenoxy) is 1. The molecule has 1 aromatic rings. The molecule has 1 unspecified atom stereocenters. The van der Waals surface area contributed by atoms with Crippen LogP contribution in [0.5, 0.6) is 5.75 Å². The number of anilines is 1. The van der Waals surface area contributed by atoms with E-state index < -0.39 is 11.9 Å². The zero-order chi connectivity index (χ0) is 15.1. The molecular formula is C16H23NO3. The Morgan fingerprint density at radius 1 is 1.40 bits per heavy atom. The summed E-state index contributed by atoms with van der Waals surface area (Å²) in [5.74, 6) is -0.402. The van der Waals surface area contributed by atoms with Gasteiger partial charge in [0.15, 0.2) is 0 Å². The molecule has 4 heteroatoms. The monoisotopic (exact) mass is 277 g/mol. The fourth-order valence-corrected chi connectivity index (χ4v) is 1.92. The first-order chi connectivity index (χ1) is 9.43. The lowest BCUT2D eigenvalue weighted by atomic mass is 10.1. The Balaban J connectivity index is 2.86. The minimum Gasteiger partial charge on any atom is -0.494 e. The van der Waals surface area contributed by atoms with Crippen molar-refractivity contribution >= 4 is 11.7 Å². The molecule has 1 atom stereocenters. The maximum absolute atomic E-state index is 11.0. The number of carboxylic acids is 1. The SMILES string of the molecule is C=C(C)CN(CC(C)C(=O)O)c1ccc(OCC)cc1. The first kappa shape index (κ1) is 16.1. The minimum atomic E-state index is -0.789. The Kier molecular flexibility index (Phi) is 6.10. The molecule has 1 N–H and O–H groups in total. The molecule has 20 heavy (non-hydrogen) atoms. The van der Waals surface area contributed by atoms with Gasteiger partial charge in [-0.25, -0.2) is 0 Å². The quantitative estimate of drug-likeness (QED) is 0.741. The second-order valence-electron chi connectivity index (χ2n) is 5.00. The highest BCUT2D eigenvalue weighted by Gasteiger charge is 2.16. The lowest BCUT2D eigenvalue weighted by Gasteiger charge is -2.27. The fourth-order valence-electron chi connectivity index (χ4n) is 1.92. The molecule has 0 aromatic heterocycles. The van der Waals surface area contributed by atoms with Crippen molar-refractivity contribution in [3.05, 3.63) is 36.4 Å². The van der Waals surface area contributed by atoms with Crippen LogP contribution in [0, 0.1) is 5.92 Å². The van der Waals surface area contributed by atoms with Crippen molar-refractivity contribution in [3.8, 4) is 5.75 Å². The van der Waals surface area contributed by atoms with Gasteiger partial charge < -0.3 is 14.7 Å². The zero-order valence-electron chi connectivity index (χ0n) is 12.4. The van der Waals surface area contributed by atoms with E-state index >= 15 is 0 Å². The Labute approximate surface area is 120 Å². The molecule has 0 aliphatic heterocycles. The van der Waals surface area contributed by atoms with Gasteiger partial charge in [0, 0.05) is 18.8 Å². The van der Waals surface area contributed by atoms with E-state index in [1.165, 1.54) is 0 Å². The first-order valence-corrected chi connectivity index (χ1v) is 6.79. The molecule has 0 saturated heterocycles. The molecule has 0 fully saturated rings. The number of carbonyl (C=O) groups is 1. The van der Waals surface area contributed by atoms with E-state index in [1.807, 2.05) is 43.0 Å². The normalized spacial score (nSPS) is 11.8. The van der Waals surface area contributed by atoms with Gasteiger partial charge in [0.2, 0.25) is 0 Å². The number of carboxylic acid groups (broad SMARTS) is 1. The summed E-state index contributed by atoms with van der Waals surface area (Å²) in [5.41, 5.74) is 1.97. The van der Waals surface area contributed by atoms with E-state index in [4.69, 9.17) is 9.84 Å². The Bertz CT molecular complexity index is 453. The maximum Gasteiger partial charge on any atom is 0.308 e. The molecule has 0 spiro atoms. The van der Waals surface area contributed by atoms with E-state index in [9.17, 15) is 4.79 Å². The molecule has 0 amide bonds. The largest absolute Gasteiger partial charge is 0.494 e. The van der Waals surface area contributed by atoms with Gasteiger partial charge in [-0.1, -0.05) is 19.1 Å².